The fraction of sp³-hybridized carbons (Fsp3) is 0.318. The number of aromatic nitrogens is 1. The zero-order valence-electron chi connectivity index (χ0n) is 15.2. The van der Waals surface area contributed by atoms with E-state index in [9.17, 15) is 10.2 Å². The van der Waals surface area contributed by atoms with Gasteiger partial charge in [-0.3, -0.25) is 4.98 Å². The first-order valence-corrected chi connectivity index (χ1v) is 9.49. The van der Waals surface area contributed by atoms with Crippen LogP contribution < -0.4 is 10.1 Å². The molecule has 5 heteroatoms. The first-order valence-electron chi connectivity index (χ1n) is 9.49. The second-order valence-electron chi connectivity index (χ2n) is 7.18. The summed E-state index contributed by atoms with van der Waals surface area (Å²) in [5.41, 5.74) is 2.11. The molecule has 0 amide bonds. The zero-order chi connectivity index (χ0) is 18.6. The van der Waals surface area contributed by atoms with Crippen LogP contribution in [0.15, 0.2) is 48.7 Å². The maximum absolute atomic E-state index is 9.98. The molecule has 1 aliphatic rings. The summed E-state index contributed by atoms with van der Waals surface area (Å²) in [5.74, 6) is 1.52. The number of fused-ring (bicyclic) bond motifs is 1. The summed E-state index contributed by atoms with van der Waals surface area (Å²) in [5, 5.41) is 23.7. The smallest absolute Gasteiger partial charge is 0.145 e. The molecule has 3 N–H and O–H groups in total. The molecule has 0 aliphatic heterocycles. The quantitative estimate of drug-likeness (QED) is 0.569. The van der Waals surface area contributed by atoms with Crippen LogP contribution in [0, 0.1) is 5.92 Å². The maximum Gasteiger partial charge on any atom is 0.145 e. The van der Waals surface area contributed by atoms with Gasteiger partial charge >= 0.3 is 0 Å². The Morgan fingerprint density at radius 1 is 1.00 bits per heavy atom. The van der Waals surface area contributed by atoms with Gasteiger partial charge in [0.1, 0.15) is 22.8 Å². The monoisotopic (exact) mass is 364 g/mol. The summed E-state index contributed by atoms with van der Waals surface area (Å²) in [6, 6.07) is 12.5. The van der Waals surface area contributed by atoms with Gasteiger partial charge in [-0.05, 0) is 55.2 Å². The molecule has 1 saturated carbocycles. The largest absolute Gasteiger partial charge is 0.508 e. The average Bonchev–Trinajstić information content (AvgIpc) is 2.69. The van der Waals surface area contributed by atoms with Crippen molar-refractivity contribution in [1.82, 2.24) is 4.98 Å². The Morgan fingerprint density at radius 2 is 1.78 bits per heavy atom. The number of nitrogens with zero attached hydrogens (tertiary/aromatic N) is 1. The average molecular weight is 364 g/mol. The van der Waals surface area contributed by atoms with Crippen LogP contribution >= 0.6 is 0 Å². The standard InChI is InChI=1S/C22H24N2O3/c25-17-12-19-20(10-11-23-22(19)21(26)13-17)24-16-6-8-18(9-7-16)27-14-15-4-2-1-3-5-15/h6-13,15,25-26H,1-5,14H2,(H,23,24). The molecule has 140 valence electrons. The minimum atomic E-state index is -0.0416. The number of ether oxygens (including phenoxy) is 1. The van der Waals surface area contributed by atoms with Gasteiger partial charge in [0, 0.05) is 29.0 Å². The Labute approximate surface area is 158 Å². The molecule has 3 aromatic rings. The summed E-state index contributed by atoms with van der Waals surface area (Å²) >= 11 is 0. The van der Waals surface area contributed by atoms with Crippen LogP contribution in [-0.4, -0.2) is 21.8 Å². The molecule has 0 atom stereocenters. The number of hydrogen-bond donors (Lipinski definition) is 3. The zero-order valence-corrected chi connectivity index (χ0v) is 15.2. The Morgan fingerprint density at radius 3 is 2.56 bits per heavy atom. The summed E-state index contributed by atoms with van der Waals surface area (Å²) in [4.78, 5) is 4.19. The van der Waals surface area contributed by atoms with Gasteiger partial charge in [0.25, 0.3) is 0 Å². The molecule has 1 fully saturated rings. The minimum Gasteiger partial charge on any atom is -0.508 e. The lowest BCUT2D eigenvalue weighted by Crippen LogP contribution is -2.15. The van der Waals surface area contributed by atoms with E-state index in [1.165, 1.54) is 38.2 Å². The van der Waals surface area contributed by atoms with Crippen LogP contribution in [0.1, 0.15) is 32.1 Å². The number of phenolic OH excluding ortho intramolecular Hbond substituents is 2. The van der Waals surface area contributed by atoms with Crippen LogP contribution in [-0.2, 0) is 0 Å². The van der Waals surface area contributed by atoms with Gasteiger partial charge in [-0.1, -0.05) is 19.3 Å². The summed E-state index contributed by atoms with van der Waals surface area (Å²) < 4.78 is 5.95. The van der Waals surface area contributed by atoms with Gasteiger partial charge in [-0.25, -0.2) is 0 Å². The van der Waals surface area contributed by atoms with E-state index in [4.69, 9.17) is 4.74 Å². The van der Waals surface area contributed by atoms with E-state index in [2.05, 4.69) is 10.3 Å². The number of phenols is 2. The lowest BCUT2D eigenvalue weighted by Gasteiger charge is -2.21. The predicted molar refractivity (Wildman–Crippen MR) is 107 cm³/mol. The van der Waals surface area contributed by atoms with Crippen molar-refractivity contribution in [3.63, 3.8) is 0 Å². The Kier molecular flexibility index (Phi) is 5.01. The van der Waals surface area contributed by atoms with Crippen LogP contribution in [0.2, 0.25) is 0 Å². The van der Waals surface area contributed by atoms with Gasteiger partial charge in [0.15, 0.2) is 0 Å². The Bertz CT molecular complexity index is 919. The molecule has 5 nitrogen and oxygen atoms in total. The van der Waals surface area contributed by atoms with Gasteiger partial charge in [0.05, 0.1) is 6.61 Å². The first-order chi connectivity index (χ1) is 13.2. The SMILES string of the molecule is Oc1cc(O)c2nccc(Nc3ccc(OCC4CCCCC4)cc3)c2c1. The second-order valence-corrected chi connectivity index (χ2v) is 7.18. The van der Waals surface area contributed by atoms with E-state index in [0.29, 0.717) is 16.8 Å². The third-order valence-electron chi connectivity index (χ3n) is 5.15. The normalized spacial score (nSPS) is 15.0. The van der Waals surface area contributed by atoms with E-state index in [0.717, 1.165) is 23.7 Å². The molecule has 0 radical (unpaired) electrons. The van der Waals surface area contributed by atoms with Crippen LogP contribution in [0.5, 0.6) is 17.2 Å². The van der Waals surface area contributed by atoms with Gasteiger partial charge < -0.3 is 20.3 Å². The van der Waals surface area contributed by atoms with Crippen LogP contribution in [0.25, 0.3) is 10.9 Å². The predicted octanol–water partition coefficient (Wildman–Crippen LogP) is 5.35. The second kappa shape index (κ2) is 7.74. The van der Waals surface area contributed by atoms with Crippen molar-refractivity contribution in [3.8, 4) is 17.2 Å². The highest BCUT2D eigenvalue weighted by atomic mass is 16.5. The molecular formula is C22H24N2O3. The minimum absolute atomic E-state index is 0.00232. The number of benzene rings is 2. The Balaban J connectivity index is 1.46. The highest BCUT2D eigenvalue weighted by molar-refractivity contribution is 5.96. The van der Waals surface area contributed by atoms with Crippen LogP contribution in [0.4, 0.5) is 11.4 Å². The van der Waals surface area contributed by atoms with Crippen molar-refractivity contribution in [3.05, 3.63) is 48.7 Å². The summed E-state index contributed by atoms with van der Waals surface area (Å²) in [7, 11) is 0. The fourth-order valence-corrected chi connectivity index (χ4v) is 3.69. The van der Waals surface area contributed by atoms with E-state index in [1.807, 2.05) is 30.3 Å². The number of nitrogens with one attached hydrogen (secondary N) is 1. The van der Waals surface area contributed by atoms with Crippen LogP contribution in [0.3, 0.4) is 0 Å². The highest BCUT2D eigenvalue weighted by Gasteiger charge is 2.14. The number of pyridine rings is 1. The van der Waals surface area contributed by atoms with E-state index < -0.39 is 0 Å². The van der Waals surface area contributed by atoms with Gasteiger partial charge in [-0.15, -0.1) is 0 Å². The third kappa shape index (κ3) is 4.08. The van der Waals surface area contributed by atoms with E-state index in [1.54, 1.807) is 12.3 Å². The molecule has 0 spiro atoms. The third-order valence-corrected chi connectivity index (χ3v) is 5.15. The Hall–Kier alpha value is -2.95. The first kappa shape index (κ1) is 17.5. The molecule has 2 aromatic carbocycles. The molecular weight excluding hydrogens is 340 g/mol. The molecule has 0 bridgehead atoms. The molecule has 1 aliphatic carbocycles. The van der Waals surface area contributed by atoms with E-state index in [-0.39, 0.29) is 11.5 Å². The maximum atomic E-state index is 9.98. The highest BCUT2D eigenvalue weighted by Crippen LogP contribution is 2.34. The van der Waals surface area contributed by atoms with Gasteiger partial charge in [-0.2, -0.15) is 0 Å². The lowest BCUT2D eigenvalue weighted by molar-refractivity contribution is 0.209. The van der Waals surface area contributed by atoms with Gasteiger partial charge in [0.2, 0.25) is 0 Å². The van der Waals surface area contributed by atoms with Crippen molar-refractivity contribution in [2.45, 2.75) is 32.1 Å². The van der Waals surface area contributed by atoms with Crippen molar-refractivity contribution in [1.29, 1.82) is 0 Å². The van der Waals surface area contributed by atoms with Crippen molar-refractivity contribution >= 4 is 22.3 Å². The lowest BCUT2D eigenvalue weighted by atomic mass is 9.90. The number of anilines is 2. The summed E-state index contributed by atoms with van der Waals surface area (Å²) in [6.45, 7) is 0.792. The molecule has 1 heterocycles. The fourth-order valence-electron chi connectivity index (χ4n) is 3.69. The number of hydrogen-bond acceptors (Lipinski definition) is 5. The molecule has 27 heavy (non-hydrogen) atoms. The topological polar surface area (TPSA) is 74.6 Å². The number of rotatable bonds is 5. The summed E-state index contributed by atoms with van der Waals surface area (Å²) in [6.07, 6.45) is 8.17. The molecule has 0 saturated heterocycles. The van der Waals surface area contributed by atoms with Crippen molar-refractivity contribution < 1.29 is 14.9 Å². The molecule has 4 rings (SSSR count). The van der Waals surface area contributed by atoms with Crippen molar-refractivity contribution in [2.75, 3.05) is 11.9 Å². The number of aromatic hydroxyl groups is 2. The van der Waals surface area contributed by atoms with Crippen molar-refractivity contribution in [2.24, 2.45) is 5.92 Å². The molecule has 1 aromatic heterocycles. The molecule has 0 unspecified atom stereocenters. The van der Waals surface area contributed by atoms with E-state index >= 15 is 0 Å².